The molecule has 5 rings (SSSR count). The average molecular weight is 480 g/mol. The molecule has 0 saturated carbocycles. The zero-order chi connectivity index (χ0) is 24.7. The van der Waals surface area contributed by atoms with Crippen LogP contribution in [0.5, 0.6) is 0 Å². The smallest absolute Gasteiger partial charge is 0.255 e. The van der Waals surface area contributed by atoms with Crippen LogP contribution in [0.1, 0.15) is 28.8 Å². The molecule has 0 spiro atoms. The number of anilines is 1. The van der Waals surface area contributed by atoms with Crippen LogP contribution in [0.25, 0.3) is 11.3 Å². The van der Waals surface area contributed by atoms with E-state index in [1.54, 1.807) is 18.2 Å². The summed E-state index contributed by atoms with van der Waals surface area (Å²) in [5.74, 6) is -3.69. The number of hydrogen-bond acceptors (Lipinski definition) is 6. The zero-order valence-electron chi connectivity index (χ0n) is 18.1. The van der Waals surface area contributed by atoms with Crippen LogP contribution in [0.2, 0.25) is 0 Å². The van der Waals surface area contributed by atoms with Gasteiger partial charge in [-0.15, -0.1) is 5.10 Å². The van der Waals surface area contributed by atoms with Crippen LogP contribution in [0, 0.1) is 11.6 Å². The third-order valence-electron chi connectivity index (χ3n) is 5.92. The fraction of sp³-hybridized carbons (Fsp3) is 0.217. The molecule has 0 radical (unpaired) electrons. The van der Waals surface area contributed by atoms with Gasteiger partial charge < -0.3 is 10.2 Å². The molecule has 0 aliphatic carbocycles. The first-order valence-electron chi connectivity index (χ1n) is 10.7. The largest absolute Gasteiger partial charge is 0.324 e. The zero-order valence-corrected chi connectivity index (χ0v) is 18.1. The maximum Gasteiger partial charge on any atom is 0.255 e. The molecule has 10 nitrogen and oxygen atoms in total. The van der Waals surface area contributed by atoms with Gasteiger partial charge in [0.05, 0.1) is 6.20 Å². The molecule has 1 unspecified atom stereocenters. The topological polar surface area (TPSA) is 126 Å². The number of carbonyl (C=O) groups is 4. The molecule has 1 aromatic heterocycles. The van der Waals surface area contributed by atoms with E-state index in [1.807, 2.05) is 0 Å². The quantitative estimate of drug-likeness (QED) is 0.535. The molecular formula is C23H18F2N6O4. The molecule has 4 amide bonds. The Labute approximate surface area is 196 Å². The lowest BCUT2D eigenvalue weighted by Crippen LogP contribution is -2.52. The van der Waals surface area contributed by atoms with E-state index in [9.17, 15) is 28.0 Å². The molecule has 178 valence electrons. The van der Waals surface area contributed by atoms with Crippen molar-refractivity contribution in [1.29, 1.82) is 0 Å². The predicted octanol–water partition coefficient (Wildman–Crippen LogP) is 1.62. The Balaban J connectivity index is 1.29. The molecule has 2 N–H and O–H groups in total. The third kappa shape index (κ3) is 4.25. The average Bonchev–Trinajstić information content (AvgIpc) is 3.41. The van der Waals surface area contributed by atoms with Crippen LogP contribution in [-0.2, 0) is 27.5 Å². The van der Waals surface area contributed by atoms with Gasteiger partial charge in [-0.2, -0.15) is 0 Å². The molecule has 35 heavy (non-hydrogen) atoms. The number of benzene rings is 2. The van der Waals surface area contributed by atoms with Gasteiger partial charge in [0, 0.05) is 35.3 Å². The van der Waals surface area contributed by atoms with Gasteiger partial charge in [0.15, 0.2) is 11.6 Å². The summed E-state index contributed by atoms with van der Waals surface area (Å²) in [7, 11) is 0. The van der Waals surface area contributed by atoms with Crippen molar-refractivity contribution < 1.29 is 28.0 Å². The highest BCUT2D eigenvalue weighted by atomic mass is 19.2. The SMILES string of the molecule is O=C1CCC(N2Cc3c(NC(=O)Cn4cc(-c5ccc(F)c(F)c5)nn4)cccc3C2=O)C(=O)N1. The molecule has 0 bridgehead atoms. The van der Waals surface area contributed by atoms with Gasteiger partial charge >= 0.3 is 0 Å². The number of fused-ring (bicyclic) bond motifs is 1. The summed E-state index contributed by atoms with van der Waals surface area (Å²) in [4.78, 5) is 50.7. The van der Waals surface area contributed by atoms with Gasteiger partial charge in [0.25, 0.3) is 5.91 Å². The van der Waals surface area contributed by atoms with Crippen molar-refractivity contribution in [3.8, 4) is 11.3 Å². The van der Waals surface area contributed by atoms with Gasteiger partial charge in [0.2, 0.25) is 17.7 Å². The number of imide groups is 1. The number of piperidine rings is 1. The van der Waals surface area contributed by atoms with Crippen LogP contribution in [0.4, 0.5) is 14.5 Å². The van der Waals surface area contributed by atoms with E-state index in [1.165, 1.54) is 21.8 Å². The summed E-state index contributed by atoms with van der Waals surface area (Å²) in [6.07, 6.45) is 1.80. The monoisotopic (exact) mass is 480 g/mol. The fourth-order valence-corrected chi connectivity index (χ4v) is 4.20. The number of halogens is 2. The number of nitrogens with zero attached hydrogens (tertiary/aromatic N) is 4. The summed E-state index contributed by atoms with van der Waals surface area (Å²) < 4.78 is 27.9. The Morgan fingerprint density at radius 1 is 1.14 bits per heavy atom. The van der Waals surface area contributed by atoms with E-state index < -0.39 is 29.5 Å². The number of aromatic nitrogens is 3. The first-order valence-corrected chi connectivity index (χ1v) is 10.7. The third-order valence-corrected chi connectivity index (χ3v) is 5.92. The highest BCUT2D eigenvalue weighted by molar-refractivity contribution is 6.06. The Kier molecular flexibility index (Phi) is 5.55. The maximum absolute atomic E-state index is 13.5. The van der Waals surface area contributed by atoms with E-state index in [2.05, 4.69) is 20.9 Å². The molecule has 1 atom stereocenters. The molecule has 2 aliphatic heterocycles. The Morgan fingerprint density at radius 3 is 2.74 bits per heavy atom. The standard InChI is InChI=1S/C23H18F2N6O4/c24-15-5-4-12(8-16(15)25)18-10-30(29-28-18)11-21(33)26-17-3-1-2-13-14(17)9-31(23(13)35)19-6-7-20(32)27-22(19)34/h1-5,8,10,19H,6-7,9,11H2,(H,26,33)(H,27,32,34). The number of hydrogen-bond donors (Lipinski definition) is 2. The summed E-state index contributed by atoms with van der Waals surface area (Å²) in [6.45, 7) is -0.106. The van der Waals surface area contributed by atoms with Crippen LogP contribution in [0.3, 0.4) is 0 Å². The Bertz CT molecular complexity index is 1390. The summed E-state index contributed by atoms with van der Waals surface area (Å²) >= 11 is 0. The molecule has 3 aromatic rings. The lowest BCUT2D eigenvalue weighted by molar-refractivity contribution is -0.137. The number of amides is 4. The lowest BCUT2D eigenvalue weighted by Gasteiger charge is -2.29. The van der Waals surface area contributed by atoms with Gasteiger partial charge in [0.1, 0.15) is 18.3 Å². The van der Waals surface area contributed by atoms with Crippen LogP contribution >= 0.6 is 0 Å². The molecule has 2 aromatic carbocycles. The fourth-order valence-electron chi connectivity index (χ4n) is 4.20. The second kappa shape index (κ2) is 8.70. The highest BCUT2D eigenvalue weighted by Crippen LogP contribution is 2.32. The molecule has 3 heterocycles. The molecule has 12 heteroatoms. The number of carbonyl (C=O) groups excluding carboxylic acids is 4. The minimum Gasteiger partial charge on any atom is -0.324 e. The van der Waals surface area contributed by atoms with E-state index in [0.29, 0.717) is 22.4 Å². The minimum absolute atomic E-state index is 0.112. The van der Waals surface area contributed by atoms with Gasteiger partial charge in [-0.1, -0.05) is 11.3 Å². The van der Waals surface area contributed by atoms with E-state index in [-0.39, 0.29) is 43.4 Å². The second-order valence-electron chi connectivity index (χ2n) is 8.21. The van der Waals surface area contributed by atoms with E-state index >= 15 is 0 Å². The van der Waals surface area contributed by atoms with Gasteiger partial charge in [-0.3, -0.25) is 24.5 Å². The predicted molar refractivity (Wildman–Crippen MR) is 116 cm³/mol. The van der Waals surface area contributed by atoms with Crippen molar-refractivity contribution in [1.82, 2.24) is 25.2 Å². The molecule has 2 aliphatic rings. The summed E-state index contributed by atoms with van der Waals surface area (Å²) in [5, 5.41) is 12.7. The first kappa shape index (κ1) is 22.3. The second-order valence-corrected chi connectivity index (χ2v) is 8.21. The lowest BCUT2D eigenvalue weighted by atomic mass is 10.0. The highest BCUT2D eigenvalue weighted by Gasteiger charge is 2.39. The van der Waals surface area contributed by atoms with Crippen molar-refractivity contribution >= 4 is 29.3 Å². The van der Waals surface area contributed by atoms with Crippen molar-refractivity contribution in [3.63, 3.8) is 0 Å². The maximum atomic E-state index is 13.5. The first-order chi connectivity index (χ1) is 16.8. The van der Waals surface area contributed by atoms with E-state index in [0.717, 1.165) is 12.1 Å². The molecule has 1 saturated heterocycles. The van der Waals surface area contributed by atoms with Gasteiger partial charge in [-0.05, 0) is 36.8 Å². The van der Waals surface area contributed by atoms with Crippen molar-refractivity contribution in [3.05, 3.63) is 65.4 Å². The number of nitrogens with one attached hydrogen (secondary N) is 2. The van der Waals surface area contributed by atoms with Crippen molar-refractivity contribution in [2.45, 2.75) is 32.0 Å². The number of rotatable bonds is 5. The normalized spacial score (nSPS) is 17.4. The Morgan fingerprint density at radius 2 is 1.97 bits per heavy atom. The van der Waals surface area contributed by atoms with Crippen LogP contribution in [0.15, 0.2) is 42.6 Å². The Hall–Kier alpha value is -4.48. The summed E-state index contributed by atoms with van der Waals surface area (Å²) in [5.41, 5.74) is 1.92. The van der Waals surface area contributed by atoms with Crippen LogP contribution < -0.4 is 10.6 Å². The van der Waals surface area contributed by atoms with Crippen molar-refractivity contribution in [2.75, 3.05) is 5.32 Å². The van der Waals surface area contributed by atoms with Crippen LogP contribution in [-0.4, -0.2) is 49.6 Å². The summed E-state index contributed by atoms with van der Waals surface area (Å²) in [6, 6.07) is 7.44. The van der Waals surface area contributed by atoms with Gasteiger partial charge in [-0.25, -0.2) is 13.5 Å². The molecule has 1 fully saturated rings. The van der Waals surface area contributed by atoms with E-state index in [4.69, 9.17) is 0 Å². The molecular weight excluding hydrogens is 462 g/mol. The minimum atomic E-state index is -1.02. The van der Waals surface area contributed by atoms with Crippen molar-refractivity contribution in [2.24, 2.45) is 0 Å².